The van der Waals surface area contributed by atoms with Crippen molar-refractivity contribution in [2.45, 2.75) is 25.3 Å². The molecule has 0 saturated heterocycles. The van der Waals surface area contributed by atoms with Gasteiger partial charge in [0.15, 0.2) is 6.61 Å². The SMILES string of the molecule is COc1ccc(Cl)cc1NC(=O)/C=N\OCC(=O)N[C@H]1CCCc2ccccc21. The van der Waals surface area contributed by atoms with Crippen LogP contribution in [0.2, 0.25) is 5.02 Å². The summed E-state index contributed by atoms with van der Waals surface area (Å²) < 4.78 is 5.15. The zero-order valence-corrected chi connectivity index (χ0v) is 16.7. The number of amides is 2. The molecule has 0 bridgehead atoms. The van der Waals surface area contributed by atoms with Gasteiger partial charge in [0.25, 0.3) is 11.8 Å². The van der Waals surface area contributed by atoms with Gasteiger partial charge in [-0.25, -0.2) is 0 Å². The summed E-state index contributed by atoms with van der Waals surface area (Å²) in [4.78, 5) is 29.0. The van der Waals surface area contributed by atoms with Crippen molar-refractivity contribution in [2.75, 3.05) is 19.0 Å². The highest BCUT2D eigenvalue weighted by atomic mass is 35.5. The first-order chi connectivity index (χ1) is 14.1. The Hall–Kier alpha value is -3.06. The fourth-order valence-electron chi connectivity index (χ4n) is 3.26. The molecule has 1 aliphatic carbocycles. The van der Waals surface area contributed by atoms with Gasteiger partial charge in [0.1, 0.15) is 12.0 Å². The highest BCUT2D eigenvalue weighted by molar-refractivity contribution is 6.33. The molecular formula is C21H22ClN3O4. The molecule has 0 aliphatic heterocycles. The fraction of sp³-hybridized carbons (Fsp3) is 0.286. The molecule has 2 N–H and O–H groups in total. The Morgan fingerprint density at radius 2 is 2.10 bits per heavy atom. The van der Waals surface area contributed by atoms with Crippen molar-refractivity contribution in [3.05, 3.63) is 58.6 Å². The van der Waals surface area contributed by atoms with Crippen LogP contribution >= 0.6 is 11.6 Å². The fourth-order valence-corrected chi connectivity index (χ4v) is 3.44. The van der Waals surface area contributed by atoms with Gasteiger partial charge in [-0.15, -0.1) is 0 Å². The monoisotopic (exact) mass is 415 g/mol. The van der Waals surface area contributed by atoms with Crippen LogP contribution in [0.4, 0.5) is 5.69 Å². The molecule has 152 valence electrons. The number of nitrogens with one attached hydrogen (secondary N) is 2. The van der Waals surface area contributed by atoms with E-state index in [0.717, 1.165) is 31.0 Å². The van der Waals surface area contributed by atoms with E-state index in [0.29, 0.717) is 16.5 Å². The Labute approximate surface area is 174 Å². The Bertz CT molecular complexity index is 917. The van der Waals surface area contributed by atoms with Crippen LogP contribution in [-0.4, -0.2) is 31.7 Å². The first-order valence-corrected chi connectivity index (χ1v) is 9.61. The molecule has 29 heavy (non-hydrogen) atoms. The van der Waals surface area contributed by atoms with Crippen molar-refractivity contribution in [1.82, 2.24) is 5.32 Å². The average molecular weight is 416 g/mol. The summed E-state index contributed by atoms with van der Waals surface area (Å²) in [5.74, 6) is -0.364. The third-order valence-electron chi connectivity index (χ3n) is 4.56. The lowest BCUT2D eigenvalue weighted by atomic mass is 9.88. The summed E-state index contributed by atoms with van der Waals surface area (Å²) in [6.45, 7) is -0.275. The summed E-state index contributed by atoms with van der Waals surface area (Å²) in [6.07, 6.45) is 3.88. The van der Waals surface area contributed by atoms with Crippen molar-refractivity contribution >= 4 is 35.3 Å². The van der Waals surface area contributed by atoms with E-state index in [9.17, 15) is 9.59 Å². The molecule has 8 heteroatoms. The van der Waals surface area contributed by atoms with Gasteiger partial charge in [0, 0.05) is 5.02 Å². The Morgan fingerprint density at radius 1 is 1.28 bits per heavy atom. The van der Waals surface area contributed by atoms with E-state index in [1.165, 1.54) is 12.7 Å². The van der Waals surface area contributed by atoms with Crippen LogP contribution in [0.25, 0.3) is 0 Å². The largest absolute Gasteiger partial charge is 0.495 e. The van der Waals surface area contributed by atoms with Gasteiger partial charge in [-0.2, -0.15) is 0 Å². The first-order valence-electron chi connectivity index (χ1n) is 9.24. The second-order valence-corrected chi connectivity index (χ2v) is 6.99. The van der Waals surface area contributed by atoms with E-state index in [1.807, 2.05) is 18.2 Å². The highest BCUT2D eigenvalue weighted by Crippen LogP contribution is 2.29. The van der Waals surface area contributed by atoms with Gasteiger partial charge < -0.3 is 20.2 Å². The van der Waals surface area contributed by atoms with Crippen molar-refractivity contribution < 1.29 is 19.2 Å². The maximum Gasteiger partial charge on any atom is 0.270 e. The Kier molecular flexibility index (Phi) is 7.08. The molecule has 0 heterocycles. The summed E-state index contributed by atoms with van der Waals surface area (Å²) >= 11 is 5.92. The first kappa shape index (κ1) is 20.7. The number of fused-ring (bicyclic) bond motifs is 1. The molecule has 1 aliphatic rings. The number of anilines is 1. The van der Waals surface area contributed by atoms with E-state index >= 15 is 0 Å². The second kappa shape index (κ2) is 9.93. The smallest absolute Gasteiger partial charge is 0.270 e. The number of aryl methyl sites for hydroxylation is 1. The van der Waals surface area contributed by atoms with Crippen molar-refractivity contribution in [1.29, 1.82) is 0 Å². The third kappa shape index (κ3) is 5.71. The number of nitrogens with zero attached hydrogens (tertiary/aromatic N) is 1. The van der Waals surface area contributed by atoms with Crippen molar-refractivity contribution in [2.24, 2.45) is 5.16 Å². The number of hydrogen-bond donors (Lipinski definition) is 2. The third-order valence-corrected chi connectivity index (χ3v) is 4.80. The maximum atomic E-state index is 12.1. The van der Waals surface area contributed by atoms with Gasteiger partial charge in [0.2, 0.25) is 0 Å². The van der Waals surface area contributed by atoms with E-state index in [4.69, 9.17) is 21.2 Å². The molecule has 2 aromatic rings. The number of rotatable bonds is 7. The molecule has 2 aromatic carbocycles. The normalized spacial score (nSPS) is 15.4. The molecule has 1 atom stereocenters. The lowest BCUT2D eigenvalue weighted by Crippen LogP contribution is -2.33. The van der Waals surface area contributed by atoms with Crippen molar-refractivity contribution in [3.63, 3.8) is 0 Å². The number of carbonyl (C=O) groups excluding carboxylic acids is 2. The number of halogens is 1. The number of carbonyl (C=O) groups is 2. The number of hydrogen-bond acceptors (Lipinski definition) is 5. The highest BCUT2D eigenvalue weighted by Gasteiger charge is 2.21. The zero-order valence-electron chi connectivity index (χ0n) is 16.0. The molecule has 0 saturated carbocycles. The van der Waals surface area contributed by atoms with Gasteiger partial charge in [-0.3, -0.25) is 9.59 Å². The van der Waals surface area contributed by atoms with Crippen LogP contribution in [-0.2, 0) is 20.8 Å². The second-order valence-electron chi connectivity index (χ2n) is 6.55. The molecule has 7 nitrogen and oxygen atoms in total. The molecule has 0 spiro atoms. The summed E-state index contributed by atoms with van der Waals surface area (Å²) in [5, 5.41) is 9.55. The van der Waals surface area contributed by atoms with Gasteiger partial charge >= 0.3 is 0 Å². The average Bonchev–Trinajstić information content (AvgIpc) is 2.72. The summed E-state index contributed by atoms with van der Waals surface area (Å²) in [7, 11) is 1.49. The predicted octanol–water partition coefficient (Wildman–Crippen LogP) is 3.48. The predicted molar refractivity (Wildman–Crippen MR) is 111 cm³/mol. The van der Waals surface area contributed by atoms with E-state index < -0.39 is 5.91 Å². The van der Waals surface area contributed by atoms with Crippen LogP contribution in [0, 0.1) is 0 Å². The topological polar surface area (TPSA) is 89.0 Å². The number of methoxy groups -OCH3 is 1. The molecule has 3 rings (SSSR count). The summed E-state index contributed by atoms with van der Waals surface area (Å²) in [5.41, 5.74) is 2.81. The molecule has 0 radical (unpaired) electrons. The van der Waals surface area contributed by atoms with Crippen LogP contribution in [0.15, 0.2) is 47.6 Å². The Morgan fingerprint density at radius 3 is 2.93 bits per heavy atom. The number of oxime groups is 1. The molecule has 0 aromatic heterocycles. The quantitative estimate of drug-likeness (QED) is 0.535. The number of benzene rings is 2. The lowest BCUT2D eigenvalue weighted by molar-refractivity contribution is -0.126. The minimum absolute atomic E-state index is 0.0291. The van der Waals surface area contributed by atoms with Crippen molar-refractivity contribution in [3.8, 4) is 5.75 Å². The van der Waals surface area contributed by atoms with E-state index in [1.54, 1.807) is 18.2 Å². The van der Waals surface area contributed by atoms with Crippen LogP contribution in [0.1, 0.15) is 30.0 Å². The molecule has 2 amide bonds. The van der Waals surface area contributed by atoms with E-state index in [-0.39, 0.29) is 18.6 Å². The number of ether oxygens (including phenoxy) is 1. The zero-order chi connectivity index (χ0) is 20.6. The minimum Gasteiger partial charge on any atom is -0.495 e. The van der Waals surface area contributed by atoms with Gasteiger partial charge in [-0.1, -0.05) is 41.0 Å². The van der Waals surface area contributed by atoms with Crippen LogP contribution < -0.4 is 15.4 Å². The molecular weight excluding hydrogens is 394 g/mol. The van der Waals surface area contributed by atoms with E-state index in [2.05, 4.69) is 21.9 Å². The van der Waals surface area contributed by atoms with Gasteiger partial charge in [0.05, 0.1) is 18.8 Å². The van der Waals surface area contributed by atoms with Gasteiger partial charge in [-0.05, 0) is 48.6 Å². The summed E-state index contributed by atoms with van der Waals surface area (Å²) in [6, 6.07) is 12.9. The standard InChI is InChI=1S/C21H22ClN3O4/c1-28-19-10-9-15(22)11-18(19)25-20(26)12-23-29-13-21(27)24-17-8-4-6-14-5-2-3-7-16(14)17/h2-3,5,7,9-12,17H,4,6,8,13H2,1H3,(H,24,27)(H,25,26)/b23-12-/t17-/m0/s1. The maximum absolute atomic E-state index is 12.1. The minimum atomic E-state index is -0.535. The molecule has 0 unspecified atom stereocenters. The lowest BCUT2D eigenvalue weighted by Gasteiger charge is -2.26. The molecule has 0 fully saturated rings. The van der Waals surface area contributed by atoms with Crippen LogP contribution in [0.3, 0.4) is 0 Å². The Balaban J connectivity index is 1.46. The van der Waals surface area contributed by atoms with Crippen LogP contribution in [0.5, 0.6) is 5.75 Å².